The molecular formula is C20H13ClF3N3. The van der Waals surface area contributed by atoms with Crippen molar-refractivity contribution in [3.8, 4) is 11.3 Å². The Morgan fingerprint density at radius 3 is 2.26 bits per heavy atom. The Morgan fingerprint density at radius 1 is 0.889 bits per heavy atom. The van der Waals surface area contributed by atoms with Gasteiger partial charge in [-0.05, 0) is 48.5 Å². The normalized spacial score (nSPS) is 11.7. The van der Waals surface area contributed by atoms with Crippen LogP contribution in [0.1, 0.15) is 5.56 Å². The van der Waals surface area contributed by atoms with E-state index in [-0.39, 0.29) is 0 Å². The van der Waals surface area contributed by atoms with Gasteiger partial charge in [0.25, 0.3) is 0 Å². The molecule has 0 atom stereocenters. The van der Waals surface area contributed by atoms with Crippen LogP contribution in [0.5, 0.6) is 0 Å². The summed E-state index contributed by atoms with van der Waals surface area (Å²) in [7, 11) is 0. The number of hydrogen-bond acceptors (Lipinski definition) is 2. The van der Waals surface area contributed by atoms with E-state index in [0.29, 0.717) is 27.7 Å². The molecule has 0 aliphatic rings. The van der Waals surface area contributed by atoms with Crippen LogP contribution in [-0.2, 0) is 6.18 Å². The van der Waals surface area contributed by atoms with Crippen molar-refractivity contribution in [3.05, 3.63) is 83.5 Å². The van der Waals surface area contributed by atoms with E-state index in [4.69, 9.17) is 11.6 Å². The molecule has 0 aliphatic heterocycles. The number of rotatable bonds is 3. The van der Waals surface area contributed by atoms with Gasteiger partial charge in [-0.15, -0.1) is 0 Å². The molecule has 2 aromatic carbocycles. The van der Waals surface area contributed by atoms with Gasteiger partial charge < -0.3 is 5.32 Å². The predicted molar refractivity (Wildman–Crippen MR) is 100 cm³/mol. The SMILES string of the molecule is FC(F)(F)c1ccc(-c2nc3ccccn3c2Nc2ccc(Cl)cc2)cc1. The molecule has 0 saturated carbocycles. The van der Waals surface area contributed by atoms with Crippen LogP contribution in [0.4, 0.5) is 24.7 Å². The first-order valence-corrected chi connectivity index (χ1v) is 8.47. The lowest BCUT2D eigenvalue weighted by Gasteiger charge is -2.10. The van der Waals surface area contributed by atoms with Crippen LogP contribution in [0.3, 0.4) is 0 Å². The third-order valence-corrected chi connectivity index (χ3v) is 4.37. The maximum Gasteiger partial charge on any atom is 0.416 e. The Kier molecular flexibility index (Phi) is 4.28. The first kappa shape index (κ1) is 17.4. The minimum atomic E-state index is -4.37. The molecule has 7 heteroatoms. The lowest BCUT2D eigenvalue weighted by Crippen LogP contribution is -2.04. The highest BCUT2D eigenvalue weighted by atomic mass is 35.5. The van der Waals surface area contributed by atoms with Crippen molar-refractivity contribution in [2.75, 3.05) is 5.32 Å². The Morgan fingerprint density at radius 2 is 1.59 bits per heavy atom. The van der Waals surface area contributed by atoms with Gasteiger partial charge in [-0.3, -0.25) is 4.40 Å². The van der Waals surface area contributed by atoms with Crippen LogP contribution in [0.25, 0.3) is 16.9 Å². The third-order valence-electron chi connectivity index (χ3n) is 4.12. The zero-order valence-corrected chi connectivity index (χ0v) is 14.6. The van der Waals surface area contributed by atoms with Gasteiger partial charge in [0.1, 0.15) is 17.2 Å². The molecular weight excluding hydrogens is 375 g/mol. The number of alkyl halides is 3. The topological polar surface area (TPSA) is 29.3 Å². The first-order valence-electron chi connectivity index (χ1n) is 8.09. The highest BCUT2D eigenvalue weighted by Crippen LogP contribution is 2.34. The Hall–Kier alpha value is -2.99. The molecule has 0 saturated heterocycles. The Balaban J connectivity index is 1.81. The second-order valence-corrected chi connectivity index (χ2v) is 6.38. The molecule has 2 aromatic heterocycles. The number of imidazole rings is 1. The van der Waals surface area contributed by atoms with Crippen molar-refractivity contribution in [2.45, 2.75) is 6.18 Å². The van der Waals surface area contributed by atoms with Gasteiger partial charge in [0.05, 0.1) is 5.56 Å². The van der Waals surface area contributed by atoms with Gasteiger partial charge in [0.2, 0.25) is 0 Å². The largest absolute Gasteiger partial charge is 0.416 e. The minimum absolute atomic E-state index is 0.560. The fourth-order valence-electron chi connectivity index (χ4n) is 2.80. The van der Waals surface area contributed by atoms with Crippen LogP contribution in [0.2, 0.25) is 5.02 Å². The third kappa shape index (κ3) is 3.48. The number of anilines is 2. The summed E-state index contributed by atoms with van der Waals surface area (Å²) in [6.45, 7) is 0. The quantitative estimate of drug-likeness (QED) is 0.439. The smallest absolute Gasteiger partial charge is 0.339 e. The van der Waals surface area contributed by atoms with E-state index in [1.165, 1.54) is 12.1 Å². The van der Waals surface area contributed by atoms with Gasteiger partial charge in [0.15, 0.2) is 0 Å². The molecule has 27 heavy (non-hydrogen) atoms. The zero-order chi connectivity index (χ0) is 19.0. The number of nitrogens with zero attached hydrogens (tertiary/aromatic N) is 2. The van der Waals surface area contributed by atoms with Crippen LogP contribution >= 0.6 is 11.6 Å². The Labute approximate surface area is 158 Å². The van der Waals surface area contributed by atoms with Crippen LogP contribution in [-0.4, -0.2) is 9.38 Å². The standard InChI is InChI=1S/C20H13ClF3N3/c21-15-8-10-16(11-9-15)25-19-18(26-17-3-1-2-12-27(17)19)13-4-6-14(7-5-13)20(22,23)24/h1-12,25H. The number of hydrogen-bond donors (Lipinski definition) is 1. The Bertz CT molecular complexity index is 1080. The maximum atomic E-state index is 12.8. The molecule has 4 aromatic rings. The average Bonchev–Trinajstić information content (AvgIpc) is 3.02. The van der Waals surface area contributed by atoms with Crippen molar-refractivity contribution in [1.29, 1.82) is 0 Å². The lowest BCUT2D eigenvalue weighted by molar-refractivity contribution is -0.137. The average molecular weight is 388 g/mol. The van der Waals surface area contributed by atoms with E-state index in [9.17, 15) is 13.2 Å². The van der Waals surface area contributed by atoms with E-state index in [0.717, 1.165) is 17.8 Å². The molecule has 2 heterocycles. The number of benzene rings is 2. The van der Waals surface area contributed by atoms with E-state index in [2.05, 4.69) is 10.3 Å². The lowest BCUT2D eigenvalue weighted by atomic mass is 10.1. The highest BCUT2D eigenvalue weighted by molar-refractivity contribution is 6.30. The number of fused-ring (bicyclic) bond motifs is 1. The number of halogens is 4. The van der Waals surface area contributed by atoms with Crippen LogP contribution in [0, 0.1) is 0 Å². The fraction of sp³-hybridized carbons (Fsp3) is 0.0500. The van der Waals surface area contributed by atoms with Gasteiger partial charge in [-0.1, -0.05) is 29.8 Å². The monoisotopic (exact) mass is 387 g/mol. The van der Waals surface area contributed by atoms with E-state index in [1.807, 2.05) is 40.9 Å². The molecule has 0 radical (unpaired) electrons. The summed E-state index contributed by atoms with van der Waals surface area (Å²) in [5, 5.41) is 3.90. The van der Waals surface area contributed by atoms with Crippen molar-refractivity contribution in [1.82, 2.24) is 9.38 Å². The summed E-state index contributed by atoms with van der Waals surface area (Å²) in [5.41, 5.74) is 1.93. The molecule has 1 N–H and O–H groups in total. The molecule has 136 valence electrons. The van der Waals surface area contributed by atoms with Gasteiger partial charge in [0, 0.05) is 22.5 Å². The predicted octanol–water partition coefficient (Wildman–Crippen LogP) is 6.42. The summed E-state index contributed by atoms with van der Waals surface area (Å²) in [6, 6.07) is 17.7. The summed E-state index contributed by atoms with van der Waals surface area (Å²) in [4.78, 5) is 4.58. The maximum absolute atomic E-state index is 12.8. The number of nitrogens with one attached hydrogen (secondary N) is 1. The zero-order valence-electron chi connectivity index (χ0n) is 13.8. The van der Waals surface area contributed by atoms with Gasteiger partial charge >= 0.3 is 6.18 Å². The molecule has 0 bridgehead atoms. The minimum Gasteiger partial charge on any atom is -0.339 e. The fourth-order valence-corrected chi connectivity index (χ4v) is 2.93. The van der Waals surface area contributed by atoms with E-state index in [1.54, 1.807) is 12.1 Å². The van der Waals surface area contributed by atoms with Crippen molar-refractivity contribution in [3.63, 3.8) is 0 Å². The number of pyridine rings is 1. The highest BCUT2D eigenvalue weighted by Gasteiger charge is 2.30. The van der Waals surface area contributed by atoms with Crippen molar-refractivity contribution in [2.24, 2.45) is 0 Å². The second-order valence-electron chi connectivity index (χ2n) is 5.94. The van der Waals surface area contributed by atoms with Gasteiger partial charge in [-0.2, -0.15) is 13.2 Å². The molecule has 0 spiro atoms. The second kappa shape index (κ2) is 6.63. The molecule has 0 amide bonds. The molecule has 0 unspecified atom stereocenters. The number of aromatic nitrogens is 2. The first-order chi connectivity index (χ1) is 12.9. The summed E-state index contributed by atoms with van der Waals surface area (Å²) >= 11 is 5.93. The molecule has 0 fully saturated rings. The summed E-state index contributed by atoms with van der Waals surface area (Å²) < 4.78 is 40.4. The van der Waals surface area contributed by atoms with Crippen LogP contribution in [0.15, 0.2) is 72.9 Å². The summed E-state index contributed by atoms with van der Waals surface area (Å²) in [6.07, 6.45) is -2.53. The van der Waals surface area contributed by atoms with Crippen molar-refractivity contribution >= 4 is 28.8 Å². The molecule has 3 nitrogen and oxygen atoms in total. The molecule has 0 aliphatic carbocycles. The van der Waals surface area contributed by atoms with Gasteiger partial charge in [-0.25, -0.2) is 4.98 Å². The summed E-state index contributed by atoms with van der Waals surface area (Å²) in [5.74, 6) is 0.660. The van der Waals surface area contributed by atoms with Crippen molar-refractivity contribution < 1.29 is 13.2 Å². The van der Waals surface area contributed by atoms with E-state index < -0.39 is 11.7 Å². The van der Waals surface area contributed by atoms with Crippen LogP contribution < -0.4 is 5.32 Å². The molecule has 4 rings (SSSR count). The van der Waals surface area contributed by atoms with E-state index >= 15 is 0 Å².